The van der Waals surface area contributed by atoms with E-state index in [1.807, 2.05) is 0 Å². The summed E-state index contributed by atoms with van der Waals surface area (Å²) < 4.78 is 0. The zero-order valence-electron chi connectivity index (χ0n) is 7.83. The standard InChI is InChI=1S/C10H12N4/c11-6-1-2-7-8(5-6)14-10-9(7)12-3-4-13-10/h3-4,6H,1-2,5,11H2,(H,13,14). The summed E-state index contributed by atoms with van der Waals surface area (Å²) in [4.78, 5) is 11.9. The van der Waals surface area contributed by atoms with Crippen LogP contribution in [0.5, 0.6) is 0 Å². The molecule has 1 aliphatic rings. The van der Waals surface area contributed by atoms with Crippen molar-refractivity contribution in [2.24, 2.45) is 5.73 Å². The summed E-state index contributed by atoms with van der Waals surface area (Å²) >= 11 is 0. The van der Waals surface area contributed by atoms with Crippen LogP contribution in [-0.2, 0) is 12.8 Å². The van der Waals surface area contributed by atoms with Gasteiger partial charge >= 0.3 is 0 Å². The largest absolute Gasteiger partial charge is 0.342 e. The minimum absolute atomic E-state index is 0.288. The van der Waals surface area contributed by atoms with Crippen molar-refractivity contribution in [3.8, 4) is 0 Å². The molecule has 0 fully saturated rings. The summed E-state index contributed by atoms with van der Waals surface area (Å²) in [5.74, 6) is 0. The Labute approximate surface area is 81.6 Å². The predicted molar refractivity (Wildman–Crippen MR) is 53.9 cm³/mol. The van der Waals surface area contributed by atoms with Gasteiger partial charge < -0.3 is 10.7 Å². The molecule has 4 nitrogen and oxygen atoms in total. The number of aromatic nitrogens is 3. The van der Waals surface area contributed by atoms with E-state index in [-0.39, 0.29) is 6.04 Å². The van der Waals surface area contributed by atoms with Gasteiger partial charge in [0.15, 0.2) is 5.65 Å². The monoisotopic (exact) mass is 188 g/mol. The topological polar surface area (TPSA) is 67.6 Å². The van der Waals surface area contributed by atoms with Crippen molar-refractivity contribution < 1.29 is 0 Å². The first kappa shape index (κ1) is 7.94. The average molecular weight is 188 g/mol. The Balaban J connectivity index is 2.24. The number of aromatic amines is 1. The maximum Gasteiger partial charge on any atom is 0.156 e. The summed E-state index contributed by atoms with van der Waals surface area (Å²) in [5, 5.41) is 0. The lowest BCUT2D eigenvalue weighted by Crippen LogP contribution is -2.27. The second-order valence-electron chi connectivity index (χ2n) is 3.84. The molecule has 14 heavy (non-hydrogen) atoms. The molecule has 2 heterocycles. The number of nitrogens with two attached hydrogens (primary N) is 1. The summed E-state index contributed by atoms with van der Waals surface area (Å²) in [6, 6.07) is 0.288. The van der Waals surface area contributed by atoms with Crippen LogP contribution >= 0.6 is 0 Å². The molecular weight excluding hydrogens is 176 g/mol. The molecule has 3 N–H and O–H groups in total. The van der Waals surface area contributed by atoms with E-state index in [1.165, 1.54) is 11.3 Å². The Morgan fingerprint density at radius 2 is 2.21 bits per heavy atom. The van der Waals surface area contributed by atoms with Gasteiger partial charge in [-0.1, -0.05) is 0 Å². The van der Waals surface area contributed by atoms with E-state index in [9.17, 15) is 0 Å². The number of nitrogens with zero attached hydrogens (tertiary/aromatic N) is 2. The molecule has 3 rings (SSSR count). The Kier molecular flexibility index (Phi) is 1.58. The van der Waals surface area contributed by atoms with Crippen molar-refractivity contribution >= 4 is 11.2 Å². The van der Waals surface area contributed by atoms with E-state index < -0.39 is 0 Å². The molecule has 72 valence electrons. The summed E-state index contributed by atoms with van der Waals surface area (Å²) in [6.07, 6.45) is 6.45. The summed E-state index contributed by atoms with van der Waals surface area (Å²) in [7, 11) is 0. The number of H-pyrrole nitrogens is 1. The van der Waals surface area contributed by atoms with Gasteiger partial charge in [0.2, 0.25) is 0 Å². The Morgan fingerprint density at radius 1 is 1.36 bits per heavy atom. The van der Waals surface area contributed by atoms with E-state index in [4.69, 9.17) is 5.73 Å². The minimum Gasteiger partial charge on any atom is -0.342 e. The van der Waals surface area contributed by atoms with Gasteiger partial charge in [-0.2, -0.15) is 0 Å². The number of fused-ring (bicyclic) bond motifs is 3. The number of rotatable bonds is 0. The third-order valence-electron chi connectivity index (χ3n) is 2.85. The maximum absolute atomic E-state index is 5.91. The molecule has 0 aromatic carbocycles. The normalized spacial score (nSPS) is 21.1. The van der Waals surface area contributed by atoms with Crippen molar-refractivity contribution in [1.82, 2.24) is 15.0 Å². The molecule has 0 amide bonds. The number of nitrogens with one attached hydrogen (secondary N) is 1. The van der Waals surface area contributed by atoms with Crippen LogP contribution in [0.15, 0.2) is 12.4 Å². The highest BCUT2D eigenvalue weighted by Gasteiger charge is 2.20. The zero-order chi connectivity index (χ0) is 9.54. The molecule has 1 aliphatic carbocycles. The van der Waals surface area contributed by atoms with Crippen LogP contribution < -0.4 is 5.73 Å². The first-order chi connectivity index (χ1) is 6.84. The molecule has 0 bridgehead atoms. The van der Waals surface area contributed by atoms with Crippen LogP contribution in [0.4, 0.5) is 0 Å². The van der Waals surface area contributed by atoms with Crippen molar-refractivity contribution in [2.75, 3.05) is 0 Å². The van der Waals surface area contributed by atoms with E-state index in [0.29, 0.717) is 0 Å². The van der Waals surface area contributed by atoms with Gasteiger partial charge in [-0.05, 0) is 12.8 Å². The molecular formula is C10H12N4. The molecule has 0 saturated carbocycles. The van der Waals surface area contributed by atoms with Crippen LogP contribution in [-0.4, -0.2) is 21.0 Å². The fourth-order valence-corrected chi connectivity index (χ4v) is 2.15. The Morgan fingerprint density at radius 3 is 3.14 bits per heavy atom. The molecule has 0 saturated heterocycles. The first-order valence-electron chi connectivity index (χ1n) is 4.90. The van der Waals surface area contributed by atoms with Gasteiger partial charge in [-0.25, -0.2) is 4.98 Å². The SMILES string of the molecule is NC1CCc2c([nH]c3nccnc23)C1. The third-order valence-corrected chi connectivity index (χ3v) is 2.85. The summed E-state index contributed by atoms with van der Waals surface area (Å²) in [5.41, 5.74) is 10.4. The Bertz CT molecular complexity index is 474. The van der Waals surface area contributed by atoms with Crippen molar-refractivity contribution in [2.45, 2.75) is 25.3 Å². The first-order valence-corrected chi connectivity index (χ1v) is 4.90. The third kappa shape index (κ3) is 1.04. The van der Waals surface area contributed by atoms with Crippen molar-refractivity contribution in [3.63, 3.8) is 0 Å². The van der Waals surface area contributed by atoms with Gasteiger partial charge in [0.1, 0.15) is 5.52 Å². The minimum atomic E-state index is 0.288. The van der Waals surface area contributed by atoms with E-state index >= 15 is 0 Å². The summed E-state index contributed by atoms with van der Waals surface area (Å²) in [6.45, 7) is 0. The highest BCUT2D eigenvalue weighted by molar-refractivity contribution is 5.76. The van der Waals surface area contributed by atoms with Gasteiger partial charge in [0.25, 0.3) is 0 Å². The number of hydrogen-bond donors (Lipinski definition) is 2. The smallest absolute Gasteiger partial charge is 0.156 e. The lowest BCUT2D eigenvalue weighted by molar-refractivity contribution is 0.572. The van der Waals surface area contributed by atoms with Crippen LogP contribution in [0.2, 0.25) is 0 Å². The fraction of sp³-hybridized carbons (Fsp3) is 0.400. The fourth-order valence-electron chi connectivity index (χ4n) is 2.15. The van der Waals surface area contributed by atoms with Crippen LogP contribution in [0.1, 0.15) is 17.7 Å². The molecule has 1 atom stereocenters. The highest BCUT2D eigenvalue weighted by atomic mass is 14.9. The van der Waals surface area contributed by atoms with E-state index in [2.05, 4.69) is 15.0 Å². The van der Waals surface area contributed by atoms with E-state index in [1.54, 1.807) is 12.4 Å². The van der Waals surface area contributed by atoms with Gasteiger partial charge in [0, 0.05) is 36.1 Å². The van der Waals surface area contributed by atoms with E-state index in [0.717, 1.165) is 30.4 Å². The number of hydrogen-bond acceptors (Lipinski definition) is 3. The van der Waals surface area contributed by atoms with Gasteiger partial charge in [0.05, 0.1) is 0 Å². The van der Waals surface area contributed by atoms with Crippen LogP contribution in [0, 0.1) is 0 Å². The second kappa shape index (κ2) is 2.78. The Hall–Kier alpha value is -1.42. The predicted octanol–water partition coefficient (Wildman–Crippen LogP) is 0.774. The molecule has 2 aromatic heterocycles. The average Bonchev–Trinajstić information content (AvgIpc) is 2.54. The lowest BCUT2D eigenvalue weighted by atomic mass is 9.94. The highest BCUT2D eigenvalue weighted by Crippen LogP contribution is 2.25. The molecule has 2 aromatic rings. The van der Waals surface area contributed by atoms with Crippen LogP contribution in [0.25, 0.3) is 11.2 Å². The van der Waals surface area contributed by atoms with Crippen LogP contribution in [0.3, 0.4) is 0 Å². The molecule has 0 aliphatic heterocycles. The molecule has 0 spiro atoms. The van der Waals surface area contributed by atoms with Crippen molar-refractivity contribution in [3.05, 3.63) is 23.7 Å². The quantitative estimate of drug-likeness (QED) is 0.641. The molecule has 0 radical (unpaired) electrons. The van der Waals surface area contributed by atoms with Gasteiger partial charge in [-0.3, -0.25) is 4.98 Å². The van der Waals surface area contributed by atoms with Crippen molar-refractivity contribution in [1.29, 1.82) is 0 Å². The number of aryl methyl sites for hydroxylation is 1. The molecule has 1 unspecified atom stereocenters. The maximum atomic E-state index is 5.91. The zero-order valence-corrected chi connectivity index (χ0v) is 7.83. The second-order valence-corrected chi connectivity index (χ2v) is 3.84. The lowest BCUT2D eigenvalue weighted by Gasteiger charge is -2.17. The van der Waals surface area contributed by atoms with Gasteiger partial charge in [-0.15, -0.1) is 0 Å². The molecule has 4 heteroatoms.